The van der Waals surface area contributed by atoms with E-state index in [9.17, 15) is 29.1 Å². The van der Waals surface area contributed by atoms with Gasteiger partial charge in [0, 0.05) is 12.8 Å². The van der Waals surface area contributed by atoms with Crippen molar-refractivity contribution in [1.82, 2.24) is 16.0 Å². The summed E-state index contributed by atoms with van der Waals surface area (Å²) in [6.45, 7) is 0.272. The molecule has 188 valence electrons. The molecule has 0 heterocycles. The van der Waals surface area contributed by atoms with Crippen LogP contribution in [-0.4, -0.2) is 87.0 Å². The number of nitrogens with two attached hydrogens (primary N) is 1. The Morgan fingerprint density at radius 2 is 1.50 bits per heavy atom. The molecule has 0 saturated carbocycles. The van der Waals surface area contributed by atoms with Crippen LogP contribution in [0.15, 0.2) is 30.3 Å². The molecule has 34 heavy (non-hydrogen) atoms. The zero-order valence-electron chi connectivity index (χ0n) is 18.5. The van der Waals surface area contributed by atoms with Crippen LogP contribution in [0.1, 0.15) is 25.3 Å². The fourth-order valence-electron chi connectivity index (χ4n) is 2.85. The van der Waals surface area contributed by atoms with E-state index in [1.165, 1.54) is 6.92 Å². The van der Waals surface area contributed by atoms with Crippen LogP contribution in [0.25, 0.3) is 0 Å². The number of amides is 3. The molecule has 5 unspecified atom stereocenters. The van der Waals surface area contributed by atoms with Crippen LogP contribution in [0.2, 0.25) is 0 Å². The van der Waals surface area contributed by atoms with Crippen LogP contribution in [0.4, 0.5) is 0 Å². The Hall–Kier alpha value is -3.55. The Kier molecular flexibility index (Phi) is 11.6. The van der Waals surface area contributed by atoms with Crippen molar-refractivity contribution in [2.24, 2.45) is 5.73 Å². The lowest BCUT2D eigenvalue weighted by atomic mass is 10.0. The van der Waals surface area contributed by atoms with Gasteiger partial charge < -0.3 is 42.1 Å². The molecule has 0 fully saturated rings. The van der Waals surface area contributed by atoms with Gasteiger partial charge in [-0.15, -0.1) is 0 Å². The predicted octanol–water partition coefficient (Wildman–Crippen LogP) is -2.67. The van der Waals surface area contributed by atoms with Crippen LogP contribution in [0.3, 0.4) is 0 Å². The summed E-state index contributed by atoms with van der Waals surface area (Å²) >= 11 is 0. The number of carboxylic acids is 2. The molecule has 3 amide bonds. The average Bonchev–Trinajstić information content (AvgIpc) is 2.78. The zero-order valence-corrected chi connectivity index (χ0v) is 18.5. The number of carbonyl (C=O) groups is 5. The molecule has 1 aromatic carbocycles. The van der Waals surface area contributed by atoms with E-state index in [0.29, 0.717) is 5.56 Å². The third kappa shape index (κ3) is 9.52. The van der Waals surface area contributed by atoms with Gasteiger partial charge in [-0.3, -0.25) is 19.2 Å². The Labute approximate surface area is 195 Å². The quantitative estimate of drug-likeness (QED) is 0.137. The Morgan fingerprint density at radius 3 is 2.00 bits per heavy atom. The molecule has 1 aromatic rings. The van der Waals surface area contributed by atoms with Gasteiger partial charge in [0.25, 0.3) is 0 Å². The molecular formula is C21H30N4O9. The minimum absolute atomic E-state index is 0.0212. The van der Waals surface area contributed by atoms with Gasteiger partial charge in [0.15, 0.2) is 0 Å². The van der Waals surface area contributed by atoms with E-state index >= 15 is 0 Å². The zero-order chi connectivity index (χ0) is 25.8. The number of carbonyl (C=O) groups excluding carboxylic acids is 3. The maximum atomic E-state index is 13.0. The van der Waals surface area contributed by atoms with Crippen molar-refractivity contribution in [2.75, 3.05) is 6.61 Å². The molecule has 13 nitrogen and oxygen atoms in total. The lowest BCUT2D eigenvalue weighted by Gasteiger charge is -2.26. The molecule has 9 N–H and O–H groups in total. The molecular weight excluding hydrogens is 452 g/mol. The third-order valence-corrected chi connectivity index (χ3v) is 4.78. The number of nitrogens with one attached hydrogen (secondary N) is 3. The first-order valence-corrected chi connectivity index (χ1v) is 10.4. The van der Waals surface area contributed by atoms with Gasteiger partial charge >= 0.3 is 11.9 Å². The molecule has 1 rings (SSSR count). The number of hydrogen-bond acceptors (Lipinski definition) is 8. The number of aliphatic hydroxyl groups is 2. The summed E-state index contributed by atoms with van der Waals surface area (Å²) < 4.78 is 0. The normalized spacial score (nSPS) is 15.2. The van der Waals surface area contributed by atoms with Gasteiger partial charge in [-0.2, -0.15) is 0 Å². The molecule has 0 spiro atoms. The minimum atomic E-state index is -1.65. The smallest absolute Gasteiger partial charge is 0.328 e. The number of aliphatic hydroxyl groups excluding tert-OH is 2. The lowest BCUT2D eigenvalue weighted by molar-refractivity contribution is -0.144. The highest BCUT2D eigenvalue weighted by Gasteiger charge is 2.32. The molecule has 0 aliphatic heterocycles. The van der Waals surface area contributed by atoms with Crippen LogP contribution < -0.4 is 21.7 Å². The van der Waals surface area contributed by atoms with Crippen molar-refractivity contribution in [3.05, 3.63) is 35.9 Å². The third-order valence-electron chi connectivity index (χ3n) is 4.78. The van der Waals surface area contributed by atoms with Gasteiger partial charge in [-0.05, 0) is 18.9 Å². The molecule has 0 aromatic heterocycles. The largest absolute Gasteiger partial charge is 0.481 e. The van der Waals surface area contributed by atoms with Gasteiger partial charge in [-0.25, -0.2) is 4.79 Å². The Balaban J connectivity index is 3.03. The highest BCUT2D eigenvalue weighted by Crippen LogP contribution is 2.06. The molecule has 0 aliphatic rings. The molecule has 0 radical (unpaired) electrons. The van der Waals surface area contributed by atoms with Crippen molar-refractivity contribution < 1.29 is 44.4 Å². The van der Waals surface area contributed by atoms with Crippen LogP contribution in [0, 0.1) is 0 Å². The molecule has 0 saturated heterocycles. The van der Waals surface area contributed by atoms with Gasteiger partial charge in [0.1, 0.15) is 18.1 Å². The SMILES string of the molecule is CC(O)C(NC(=O)C(Cc1ccccc1)NC(=O)C(N)CCC(=O)O)C(=O)NC(CO)C(=O)O. The summed E-state index contributed by atoms with van der Waals surface area (Å²) in [6, 6.07) is 2.81. The Morgan fingerprint density at radius 1 is 0.912 bits per heavy atom. The van der Waals surface area contributed by atoms with E-state index in [4.69, 9.17) is 21.1 Å². The first-order valence-electron chi connectivity index (χ1n) is 10.4. The second-order valence-electron chi connectivity index (χ2n) is 7.60. The van der Waals surface area contributed by atoms with Crippen molar-refractivity contribution in [3.8, 4) is 0 Å². The minimum Gasteiger partial charge on any atom is -0.481 e. The topological polar surface area (TPSA) is 228 Å². The number of rotatable bonds is 14. The highest BCUT2D eigenvalue weighted by molar-refractivity contribution is 5.94. The summed E-state index contributed by atoms with van der Waals surface area (Å²) in [6.07, 6.45) is -2.00. The summed E-state index contributed by atoms with van der Waals surface area (Å²) in [5.41, 5.74) is 6.36. The Bertz CT molecular complexity index is 863. The van der Waals surface area contributed by atoms with Crippen LogP contribution >= 0.6 is 0 Å². The van der Waals surface area contributed by atoms with Crippen LogP contribution in [0.5, 0.6) is 0 Å². The van der Waals surface area contributed by atoms with E-state index in [1.807, 2.05) is 5.32 Å². The van der Waals surface area contributed by atoms with Crippen molar-refractivity contribution in [2.45, 2.75) is 56.5 Å². The van der Waals surface area contributed by atoms with Crippen molar-refractivity contribution in [1.29, 1.82) is 0 Å². The number of aliphatic carboxylic acids is 2. The van der Waals surface area contributed by atoms with E-state index in [1.54, 1.807) is 30.3 Å². The molecule has 0 bridgehead atoms. The second-order valence-corrected chi connectivity index (χ2v) is 7.60. The van der Waals surface area contributed by atoms with Crippen LogP contribution in [-0.2, 0) is 30.4 Å². The number of carboxylic acid groups (broad SMARTS) is 2. The standard InChI is InChI=1S/C21H30N4O9/c1-11(27)17(20(32)24-15(10-26)21(33)34)25-19(31)14(9-12-5-3-2-4-6-12)23-18(30)13(22)7-8-16(28)29/h2-6,11,13-15,17,26-27H,7-10,22H2,1H3,(H,23,30)(H,24,32)(H,25,31)(H,28,29)(H,33,34). The summed E-state index contributed by atoms with van der Waals surface area (Å²) in [5.74, 6) is -5.39. The summed E-state index contributed by atoms with van der Waals surface area (Å²) in [4.78, 5) is 59.6. The van der Waals surface area contributed by atoms with Crippen molar-refractivity contribution in [3.63, 3.8) is 0 Å². The van der Waals surface area contributed by atoms with Gasteiger partial charge in [0.05, 0.1) is 18.8 Å². The number of benzene rings is 1. The predicted molar refractivity (Wildman–Crippen MR) is 117 cm³/mol. The van der Waals surface area contributed by atoms with E-state index in [-0.39, 0.29) is 19.3 Å². The van der Waals surface area contributed by atoms with E-state index in [0.717, 1.165) is 0 Å². The first-order chi connectivity index (χ1) is 16.0. The molecule has 13 heteroatoms. The monoisotopic (exact) mass is 482 g/mol. The fourth-order valence-corrected chi connectivity index (χ4v) is 2.85. The second kappa shape index (κ2) is 13.9. The molecule has 0 aliphatic carbocycles. The molecule has 5 atom stereocenters. The van der Waals surface area contributed by atoms with E-state index in [2.05, 4.69) is 10.6 Å². The fraction of sp³-hybridized carbons (Fsp3) is 0.476. The average molecular weight is 482 g/mol. The van der Waals surface area contributed by atoms with Gasteiger partial charge in [0.2, 0.25) is 17.7 Å². The summed E-state index contributed by atoms with van der Waals surface area (Å²) in [5, 5.41) is 43.5. The lowest BCUT2D eigenvalue weighted by Crippen LogP contribution is -2.60. The first kappa shape index (κ1) is 28.5. The highest BCUT2D eigenvalue weighted by atomic mass is 16.4. The maximum absolute atomic E-state index is 13.0. The van der Waals surface area contributed by atoms with E-state index < -0.39 is 66.5 Å². The van der Waals surface area contributed by atoms with Gasteiger partial charge in [-0.1, -0.05) is 30.3 Å². The summed E-state index contributed by atoms with van der Waals surface area (Å²) in [7, 11) is 0. The number of hydrogen-bond donors (Lipinski definition) is 8. The maximum Gasteiger partial charge on any atom is 0.328 e. The van der Waals surface area contributed by atoms with Crippen molar-refractivity contribution >= 4 is 29.7 Å².